The van der Waals surface area contributed by atoms with Crippen molar-refractivity contribution in [3.05, 3.63) is 35.9 Å². The number of hydrogen-bond acceptors (Lipinski definition) is 2. The quantitative estimate of drug-likeness (QED) is 0.515. The maximum absolute atomic E-state index is 3.19. The van der Waals surface area contributed by atoms with Crippen LogP contribution < -0.4 is 10.9 Å². The zero-order chi connectivity index (χ0) is 9.36. The van der Waals surface area contributed by atoms with Crippen molar-refractivity contribution < 1.29 is 0 Å². The maximum atomic E-state index is 3.19. The maximum Gasteiger partial charge on any atom is 0.0351 e. The molecule has 2 heteroatoms. The molecule has 0 amide bonds. The molecule has 0 saturated heterocycles. The van der Waals surface area contributed by atoms with Gasteiger partial charge in [0, 0.05) is 13.1 Å². The van der Waals surface area contributed by atoms with Crippen LogP contribution in [0.2, 0.25) is 0 Å². The summed E-state index contributed by atoms with van der Waals surface area (Å²) in [5, 5.41) is 0. The fourth-order valence-corrected chi connectivity index (χ4v) is 1.11. The molecular weight excluding hydrogens is 160 g/mol. The third kappa shape index (κ3) is 4.65. The number of nitrogens with one attached hydrogen (secondary N) is 2. The summed E-state index contributed by atoms with van der Waals surface area (Å²) in [6.45, 7) is 4.13. The third-order valence-corrected chi connectivity index (χ3v) is 1.92. The molecule has 0 atom stereocenters. The van der Waals surface area contributed by atoms with E-state index in [-0.39, 0.29) is 0 Å². The molecule has 0 fully saturated rings. The van der Waals surface area contributed by atoms with E-state index in [4.69, 9.17) is 0 Å². The SMILES string of the molecule is CCCCNNCc1ccccc1. The summed E-state index contributed by atoms with van der Waals surface area (Å²) >= 11 is 0. The Morgan fingerprint density at radius 2 is 1.85 bits per heavy atom. The zero-order valence-electron chi connectivity index (χ0n) is 8.22. The monoisotopic (exact) mass is 178 g/mol. The number of hydrazine groups is 1. The molecule has 0 aromatic heterocycles. The lowest BCUT2D eigenvalue weighted by molar-refractivity contribution is 0.516. The molecule has 1 rings (SSSR count). The van der Waals surface area contributed by atoms with Crippen molar-refractivity contribution in [2.45, 2.75) is 26.3 Å². The van der Waals surface area contributed by atoms with E-state index in [9.17, 15) is 0 Å². The Balaban J connectivity index is 2.07. The van der Waals surface area contributed by atoms with E-state index in [2.05, 4.69) is 42.0 Å². The molecule has 1 aromatic carbocycles. The molecule has 2 N–H and O–H groups in total. The highest BCUT2D eigenvalue weighted by molar-refractivity contribution is 5.13. The first-order valence-electron chi connectivity index (χ1n) is 4.93. The number of benzene rings is 1. The minimum atomic E-state index is 0.893. The van der Waals surface area contributed by atoms with E-state index in [1.807, 2.05) is 6.07 Å². The van der Waals surface area contributed by atoms with Gasteiger partial charge in [-0.1, -0.05) is 43.7 Å². The topological polar surface area (TPSA) is 24.1 Å². The van der Waals surface area contributed by atoms with E-state index in [0.29, 0.717) is 0 Å². The molecule has 13 heavy (non-hydrogen) atoms. The van der Waals surface area contributed by atoms with Gasteiger partial charge in [0.2, 0.25) is 0 Å². The lowest BCUT2D eigenvalue weighted by Crippen LogP contribution is -2.31. The molecule has 1 aromatic rings. The van der Waals surface area contributed by atoms with Gasteiger partial charge < -0.3 is 0 Å². The lowest BCUT2D eigenvalue weighted by Gasteiger charge is -2.05. The van der Waals surface area contributed by atoms with Gasteiger partial charge >= 0.3 is 0 Å². The Hall–Kier alpha value is -0.860. The summed E-state index contributed by atoms with van der Waals surface area (Å²) in [6.07, 6.45) is 2.46. The van der Waals surface area contributed by atoms with E-state index in [1.54, 1.807) is 0 Å². The molecule has 2 nitrogen and oxygen atoms in total. The Morgan fingerprint density at radius 1 is 1.08 bits per heavy atom. The fraction of sp³-hybridized carbons (Fsp3) is 0.455. The molecular formula is C11H18N2. The first-order chi connectivity index (χ1) is 6.43. The van der Waals surface area contributed by atoms with Crippen LogP contribution in [0.3, 0.4) is 0 Å². The normalized spacial score (nSPS) is 10.2. The second-order valence-corrected chi connectivity index (χ2v) is 3.12. The molecule has 72 valence electrons. The van der Waals surface area contributed by atoms with Gasteiger partial charge in [-0.15, -0.1) is 0 Å². The minimum Gasteiger partial charge on any atom is -0.258 e. The van der Waals surface area contributed by atoms with Crippen molar-refractivity contribution in [2.24, 2.45) is 0 Å². The van der Waals surface area contributed by atoms with Gasteiger partial charge in [-0.3, -0.25) is 10.9 Å². The molecule has 0 aliphatic rings. The standard InChI is InChI=1S/C11H18N2/c1-2-3-9-12-13-10-11-7-5-4-6-8-11/h4-8,12-13H,2-3,9-10H2,1H3. The Kier molecular flexibility index (Phi) is 5.22. The van der Waals surface area contributed by atoms with Crippen molar-refractivity contribution in [3.8, 4) is 0 Å². The van der Waals surface area contributed by atoms with E-state index in [1.165, 1.54) is 18.4 Å². The largest absolute Gasteiger partial charge is 0.258 e. The van der Waals surface area contributed by atoms with Crippen molar-refractivity contribution in [2.75, 3.05) is 6.54 Å². The smallest absolute Gasteiger partial charge is 0.0351 e. The van der Waals surface area contributed by atoms with Gasteiger partial charge in [-0.25, -0.2) is 0 Å². The van der Waals surface area contributed by atoms with Crippen LogP contribution in [0.25, 0.3) is 0 Å². The Bertz CT molecular complexity index is 209. The summed E-state index contributed by atoms with van der Waals surface area (Å²) in [4.78, 5) is 0. The Morgan fingerprint density at radius 3 is 2.54 bits per heavy atom. The average molecular weight is 178 g/mol. The number of hydrogen-bond donors (Lipinski definition) is 2. The zero-order valence-corrected chi connectivity index (χ0v) is 8.22. The first-order valence-corrected chi connectivity index (χ1v) is 4.93. The van der Waals surface area contributed by atoms with Crippen LogP contribution in [0, 0.1) is 0 Å². The van der Waals surface area contributed by atoms with Crippen LogP contribution in [0.15, 0.2) is 30.3 Å². The highest BCUT2D eigenvalue weighted by Gasteiger charge is 1.88. The predicted molar refractivity (Wildman–Crippen MR) is 56.2 cm³/mol. The van der Waals surface area contributed by atoms with Gasteiger partial charge in [-0.2, -0.15) is 0 Å². The molecule has 0 heterocycles. The number of rotatable bonds is 6. The molecule has 0 saturated carbocycles. The van der Waals surface area contributed by atoms with E-state index < -0.39 is 0 Å². The van der Waals surface area contributed by atoms with Crippen LogP contribution >= 0.6 is 0 Å². The molecule has 0 aliphatic carbocycles. The Labute approximate surface area is 80.3 Å². The van der Waals surface area contributed by atoms with Crippen LogP contribution in [0.4, 0.5) is 0 Å². The summed E-state index contributed by atoms with van der Waals surface area (Å²) in [7, 11) is 0. The fourth-order valence-electron chi connectivity index (χ4n) is 1.11. The van der Waals surface area contributed by atoms with Gasteiger partial charge in [0.15, 0.2) is 0 Å². The molecule has 0 unspecified atom stereocenters. The number of unbranched alkanes of at least 4 members (excludes halogenated alkanes) is 1. The summed E-state index contributed by atoms with van der Waals surface area (Å²) in [5.74, 6) is 0. The summed E-state index contributed by atoms with van der Waals surface area (Å²) < 4.78 is 0. The molecule has 0 aliphatic heterocycles. The molecule has 0 radical (unpaired) electrons. The third-order valence-electron chi connectivity index (χ3n) is 1.92. The second-order valence-electron chi connectivity index (χ2n) is 3.12. The van der Waals surface area contributed by atoms with Crippen molar-refractivity contribution in [3.63, 3.8) is 0 Å². The predicted octanol–water partition coefficient (Wildman–Crippen LogP) is 2.08. The van der Waals surface area contributed by atoms with Gasteiger partial charge in [0.05, 0.1) is 0 Å². The summed E-state index contributed by atoms with van der Waals surface area (Å²) in [5.41, 5.74) is 7.68. The minimum absolute atomic E-state index is 0.893. The van der Waals surface area contributed by atoms with Crippen LogP contribution in [-0.4, -0.2) is 6.54 Å². The molecule has 0 spiro atoms. The van der Waals surface area contributed by atoms with Crippen molar-refractivity contribution in [1.82, 2.24) is 10.9 Å². The van der Waals surface area contributed by atoms with Crippen LogP contribution in [0.1, 0.15) is 25.3 Å². The highest BCUT2D eigenvalue weighted by atomic mass is 15.3. The van der Waals surface area contributed by atoms with Gasteiger partial charge in [0.1, 0.15) is 0 Å². The lowest BCUT2D eigenvalue weighted by atomic mass is 10.2. The second kappa shape index (κ2) is 6.63. The van der Waals surface area contributed by atoms with Crippen molar-refractivity contribution >= 4 is 0 Å². The van der Waals surface area contributed by atoms with Crippen LogP contribution in [-0.2, 0) is 6.54 Å². The van der Waals surface area contributed by atoms with Crippen LogP contribution in [0.5, 0.6) is 0 Å². The van der Waals surface area contributed by atoms with Crippen molar-refractivity contribution in [1.29, 1.82) is 0 Å². The average Bonchev–Trinajstić information content (AvgIpc) is 2.19. The first kappa shape index (κ1) is 10.2. The van der Waals surface area contributed by atoms with E-state index in [0.717, 1.165) is 13.1 Å². The highest BCUT2D eigenvalue weighted by Crippen LogP contribution is 1.95. The van der Waals surface area contributed by atoms with Gasteiger partial charge in [0.25, 0.3) is 0 Å². The van der Waals surface area contributed by atoms with Gasteiger partial charge in [-0.05, 0) is 12.0 Å². The molecule has 0 bridgehead atoms. The summed E-state index contributed by atoms with van der Waals surface area (Å²) in [6, 6.07) is 10.4. The van der Waals surface area contributed by atoms with E-state index >= 15 is 0 Å².